The van der Waals surface area contributed by atoms with Crippen LogP contribution in [0.4, 0.5) is 0 Å². The monoisotopic (exact) mass is 457 g/mol. The van der Waals surface area contributed by atoms with Crippen LogP contribution in [0.25, 0.3) is 34.2 Å². The van der Waals surface area contributed by atoms with Gasteiger partial charge >= 0.3 is 5.97 Å². The minimum atomic E-state index is -0.609. The second-order valence-corrected chi connectivity index (χ2v) is 7.88. The van der Waals surface area contributed by atoms with E-state index in [0.717, 1.165) is 29.5 Å². The fourth-order valence-electron chi connectivity index (χ4n) is 3.62. The molecular formula is C27H27N3O4. The Morgan fingerprint density at radius 3 is 2.56 bits per heavy atom. The van der Waals surface area contributed by atoms with Gasteiger partial charge in [0, 0.05) is 29.3 Å². The van der Waals surface area contributed by atoms with Gasteiger partial charge in [0.15, 0.2) is 12.4 Å². The van der Waals surface area contributed by atoms with Crippen LogP contribution in [0.5, 0.6) is 0 Å². The third-order valence-electron chi connectivity index (χ3n) is 5.52. The molecule has 0 aliphatic rings. The molecule has 4 aromatic rings. The zero-order valence-corrected chi connectivity index (χ0v) is 19.2. The van der Waals surface area contributed by atoms with Gasteiger partial charge in [-0.25, -0.2) is 9.48 Å². The van der Waals surface area contributed by atoms with E-state index in [0.29, 0.717) is 17.0 Å². The van der Waals surface area contributed by atoms with Gasteiger partial charge in [0.1, 0.15) is 11.3 Å². The molecule has 0 bridgehead atoms. The highest BCUT2D eigenvalue weighted by Crippen LogP contribution is 2.30. The SMILES string of the molecule is CCC(CC)NC(=O)COC(=O)C=Cc1cn(-c2ccccc2)nc1-c1cc2ccccc2o1. The Morgan fingerprint density at radius 2 is 1.82 bits per heavy atom. The minimum Gasteiger partial charge on any atom is -0.454 e. The molecule has 0 unspecified atom stereocenters. The Kier molecular flexibility index (Phi) is 7.22. The van der Waals surface area contributed by atoms with E-state index < -0.39 is 5.97 Å². The number of benzene rings is 2. The highest BCUT2D eigenvalue weighted by Gasteiger charge is 2.16. The van der Waals surface area contributed by atoms with Gasteiger partial charge in [-0.15, -0.1) is 0 Å². The molecule has 0 radical (unpaired) electrons. The smallest absolute Gasteiger partial charge is 0.331 e. The summed E-state index contributed by atoms with van der Waals surface area (Å²) in [6.07, 6.45) is 6.39. The Morgan fingerprint density at radius 1 is 1.09 bits per heavy atom. The van der Waals surface area contributed by atoms with E-state index in [1.165, 1.54) is 6.08 Å². The van der Waals surface area contributed by atoms with Crippen molar-refractivity contribution in [3.05, 3.63) is 78.5 Å². The van der Waals surface area contributed by atoms with Crippen LogP contribution < -0.4 is 5.32 Å². The van der Waals surface area contributed by atoms with Crippen molar-refractivity contribution < 1.29 is 18.7 Å². The Hall–Kier alpha value is -4.13. The summed E-state index contributed by atoms with van der Waals surface area (Å²) in [4.78, 5) is 24.3. The molecular weight excluding hydrogens is 430 g/mol. The first-order valence-electron chi connectivity index (χ1n) is 11.4. The quantitative estimate of drug-likeness (QED) is 0.278. The second kappa shape index (κ2) is 10.7. The molecule has 1 N–H and O–H groups in total. The summed E-state index contributed by atoms with van der Waals surface area (Å²) in [5.74, 6) is -0.327. The van der Waals surface area contributed by atoms with Gasteiger partial charge in [-0.3, -0.25) is 4.79 Å². The van der Waals surface area contributed by atoms with Gasteiger partial charge in [0.2, 0.25) is 0 Å². The number of fused-ring (bicyclic) bond motifs is 1. The van der Waals surface area contributed by atoms with Crippen molar-refractivity contribution in [3.8, 4) is 17.1 Å². The number of amides is 1. The molecule has 0 aliphatic heterocycles. The van der Waals surface area contributed by atoms with E-state index >= 15 is 0 Å². The second-order valence-electron chi connectivity index (χ2n) is 7.88. The maximum atomic E-state index is 12.3. The van der Waals surface area contributed by atoms with Crippen LogP contribution in [-0.2, 0) is 14.3 Å². The third-order valence-corrected chi connectivity index (χ3v) is 5.52. The van der Waals surface area contributed by atoms with Gasteiger partial charge in [-0.05, 0) is 43.2 Å². The van der Waals surface area contributed by atoms with Crippen LogP contribution in [0.15, 0.2) is 77.4 Å². The van der Waals surface area contributed by atoms with E-state index in [4.69, 9.17) is 14.3 Å². The highest BCUT2D eigenvalue weighted by atomic mass is 16.5. The molecule has 2 heterocycles. The van der Waals surface area contributed by atoms with E-state index in [1.54, 1.807) is 10.8 Å². The first kappa shape index (κ1) is 23.0. The number of ether oxygens (including phenoxy) is 1. The van der Waals surface area contributed by atoms with Crippen molar-refractivity contribution in [1.29, 1.82) is 0 Å². The maximum Gasteiger partial charge on any atom is 0.331 e. The van der Waals surface area contributed by atoms with Crippen LogP contribution in [0, 0.1) is 0 Å². The summed E-state index contributed by atoms with van der Waals surface area (Å²) < 4.78 is 12.9. The number of carbonyl (C=O) groups is 2. The van der Waals surface area contributed by atoms with Crippen LogP contribution >= 0.6 is 0 Å². The van der Waals surface area contributed by atoms with Crippen molar-refractivity contribution >= 4 is 28.9 Å². The Labute approximate surface area is 198 Å². The van der Waals surface area contributed by atoms with Crippen LogP contribution in [0.1, 0.15) is 32.3 Å². The number of nitrogens with zero attached hydrogens (tertiary/aromatic N) is 2. The molecule has 0 saturated heterocycles. The number of hydrogen-bond acceptors (Lipinski definition) is 5. The standard InChI is InChI=1S/C27H27N3O4/c1-3-21(4-2)28-25(31)18-33-26(32)15-14-20-17-30(22-11-6-5-7-12-22)29-27(20)24-16-19-10-8-9-13-23(19)34-24/h5-17,21H,3-4,18H2,1-2H3,(H,28,31). The van der Waals surface area contributed by atoms with Crippen molar-refractivity contribution in [3.63, 3.8) is 0 Å². The van der Waals surface area contributed by atoms with Crippen molar-refractivity contribution in [2.75, 3.05) is 6.61 Å². The number of esters is 1. The lowest BCUT2D eigenvalue weighted by Gasteiger charge is -2.14. The predicted molar refractivity (Wildman–Crippen MR) is 131 cm³/mol. The van der Waals surface area contributed by atoms with E-state index in [-0.39, 0.29) is 18.6 Å². The zero-order chi connectivity index (χ0) is 23.9. The van der Waals surface area contributed by atoms with Gasteiger partial charge in [0.05, 0.1) is 5.69 Å². The molecule has 7 heteroatoms. The largest absolute Gasteiger partial charge is 0.454 e. The summed E-state index contributed by atoms with van der Waals surface area (Å²) in [5, 5.41) is 8.51. The molecule has 0 aliphatic carbocycles. The lowest BCUT2D eigenvalue weighted by molar-refractivity contribution is -0.144. The number of para-hydroxylation sites is 2. The van der Waals surface area contributed by atoms with E-state index in [2.05, 4.69) is 5.32 Å². The van der Waals surface area contributed by atoms with Gasteiger partial charge in [0.25, 0.3) is 5.91 Å². The van der Waals surface area contributed by atoms with Gasteiger partial charge in [-0.2, -0.15) is 5.10 Å². The fraction of sp³-hybridized carbons (Fsp3) is 0.222. The average molecular weight is 458 g/mol. The normalized spacial score (nSPS) is 11.4. The predicted octanol–water partition coefficient (Wildman–Crippen LogP) is 5.15. The van der Waals surface area contributed by atoms with E-state index in [9.17, 15) is 9.59 Å². The van der Waals surface area contributed by atoms with Crippen molar-refractivity contribution in [1.82, 2.24) is 15.1 Å². The van der Waals surface area contributed by atoms with Crippen molar-refractivity contribution in [2.45, 2.75) is 32.7 Å². The van der Waals surface area contributed by atoms with Gasteiger partial charge < -0.3 is 14.5 Å². The molecule has 1 amide bonds. The fourth-order valence-corrected chi connectivity index (χ4v) is 3.62. The summed E-state index contributed by atoms with van der Waals surface area (Å²) in [7, 11) is 0. The highest BCUT2D eigenvalue weighted by molar-refractivity contribution is 5.91. The van der Waals surface area contributed by atoms with Crippen LogP contribution in [0.3, 0.4) is 0 Å². The van der Waals surface area contributed by atoms with Gasteiger partial charge in [-0.1, -0.05) is 50.2 Å². The Bertz CT molecular complexity index is 1270. The zero-order valence-electron chi connectivity index (χ0n) is 19.2. The molecule has 2 aromatic carbocycles. The molecule has 0 fully saturated rings. The summed E-state index contributed by atoms with van der Waals surface area (Å²) >= 11 is 0. The molecule has 0 spiro atoms. The minimum absolute atomic E-state index is 0.0805. The topological polar surface area (TPSA) is 86.4 Å². The third kappa shape index (κ3) is 5.43. The first-order valence-corrected chi connectivity index (χ1v) is 11.4. The average Bonchev–Trinajstić information content (AvgIpc) is 3.49. The number of aromatic nitrogens is 2. The molecule has 7 nitrogen and oxygen atoms in total. The number of rotatable bonds is 9. The maximum absolute atomic E-state index is 12.3. The molecule has 174 valence electrons. The van der Waals surface area contributed by atoms with Crippen LogP contribution in [-0.4, -0.2) is 34.3 Å². The number of nitrogens with one attached hydrogen (secondary N) is 1. The van der Waals surface area contributed by atoms with Crippen molar-refractivity contribution in [2.24, 2.45) is 0 Å². The molecule has 4 rings (SSSR count). The number of furan rings is 1. The summed E-state index contributed by atoms with van der Waals surface area (Å²) in [6, 6.07) is 19.4. The summed E-state index contributed by atoms with van der Waals surface area (Å²) in [6.45, 7) is 3.68. The lowest BCUT2D eigenvalue weighted by Crippen LogP contribution is -2.36. The molecule has 0 atom stereocenters. The lowest BCUT2D eigenvalue weighted by atomic mass is 10.2. The number of carbonyl (C=O) groups excluding carboxylic acids is 2. The molecule has 34 heavy (non-hydrogen) atoms. The Balaban J connectivity index is 1.55. The first-order chi connectivity index (χ1) is 16.6. The van der Waals surface area contributed by atoms with E-state index in [1.807, 2.05) is 80.7 Å². The van der Waals surface area contributed by atoms with Crippen LogP contribution in [0.2, 0.25) is 0 Å². The molecule has 0 saturated carbocycles. The summed E-state index contributed by atoms with van der Waals surface area (Å²) in [5.41, 5.74) is 2.90. The molecule has 2 aromatic heterocycles. The number of hydrogen-bond donors (Lipinski definition) is 1.